The second-order valence-electron chi connectivity index (χ2n) is 5.71. The second-order valence-corrected chi connectivity index (χ2v) is 7.04. The molecule has 5 nitrogen and oxygen atoms in total. The zero-order valence-electron chi connectivity index (χ0n) is 14.0. The molecule has 6 heteroatoms. The van der Waals surface area contributed by atoms with Crippen LogP contribution in [0.15, 0.2) is 28.2 Å². The highest BCUT2D eigenvalue weighted by molar-refractivity contribution is 8.00. The van der Waals surface area contributed by atoms with E-state index >= 15 is 0 Å². The first kappa shape index (κ1) is 17.3. The molecule has 0 aliphatic rings. The smallest absolute Gasteiger partial charge is 0.251 e. The first-order valence-electron chi connectivity index (χ1n) is 7.39. The number of amides is 1. The average Bonchev–Trinajstić information content (AvgIpc) is 2.41. The number of nitrogens with zero attached hydrogens (tertiary/aromatic N) is 1. The molecule has 0 aliphatic heterocycles. The molecule has 0 saturated heterocycles. The first-order chi connectivity index (χ1) is 10.8. The molecule has 0 spiro atoms. The summed E-state index contributed by atoms with van der Waals surface area (Å²) in [6.07, 6.45) is 0. The molecule has 2 rings (SSSR count). The van der Waals surface area contributed by atoms with Crippen LogP contribution in [0, 0.1) is 27.7 Å². The number of hydrogen-bond donors (Lipinski definition) is 2. The molecule has 1 aromatic carbocycles. The highest BCUT2D eigenvalue weighted by Gasteiger charge is 2.18. The molecule has 1 atom stereocenters. The Hall–Kier alpha value is -2.08. The lowest BCUT2D eigenvalue weighted by Gasteiger charge is -2.16. The fourth-order valence-corrected chi connectivity index (χ4v) is 3.29. The topological polar surface area (TPSA) is 74.8 Å². The normalized spacial score (nSPS) is 12.0. The standard InChI is InChI=1S/C17H21N3O2S/c1-9-6-10(2)15(11(3)7-9)20-16(22)13(5)23-17-18-12(4)8-14(21)19-17/h6-8,13H,1-5H3,(H,20,22)(H,18,19,21)/t13-/m1/s1. The summed E-state index contributed by atoms with van der Waals surface area (Å²) in [5.74, 6) is -0.116. The number of nitrogens with one attached hydrogen (secondary N) is 2. The summed E-state index contributed by atoms with van der Waals surface area (Å²) in [5.41, 5.74) is 4.51. The Morgan fingerprint density at radius 3 is 2.35 bits per heavy atom. The van der Waals surface area contributed by atoms with Crippen molar-refractivity contribution in [1.29, 1.82) is 0 Å². The van der Waals surface area contributed by atoms with E-state index in [0.29, 0.717) is 10.9 Å². The SMILES string of the molecule is Cc1cc(C)c(NC(=O)[C@@H](C)Sc2nc(C)cc(=O)[nH]2)c(C)c1. The summed E-state index contributed by atoms with van der Waals surface area (Å²) in [6, 6.07) is 5.51. The molecule has 2 N–H and O–H groups in total. The molecule has 2 aromatic rings. The molecule has 0 bridgehead atoms. The van der Waals surface area contributed by atoms with Gasteiger partial charge in [0.1, 0.15) is 0 Å². The third-order valence-electron chi connectivity index (χ3n) is 3.43. The van der Waals surface area contributed by atoms with Gasteiger partial charge in [0.2, 0.25) is 5.91 Å². The Morgan fingerprint density at radius 2 is 1.78 bits per heavy atom. The van der Waals surface area contributed by atoms with Crippen LogP contribution in [0.5, 0.6) is 0 Å². The number of aromatic nitrogens is 2. The molecule has 0 unspecified atom stereocenters. The van der Waals surface area contributed by atoms with Gasteiger partial charge in [-0.15, -0.1) is 0 Å². The highest BCUT2D eigenvalue weighted by atomic mass is 32.2. The molecule has 122 valence electrons. The van der Waals surface area contributed by atoms with E-state index in [1.165, 1.54) is 23.4 Å². The minimum Gasteiger partial charge on any atom is -0.325 e. The number of H-pyrrole nitrogens is 1. The number of carbonyl (C=O) groups is 1. The van der Waals surface area contributed by atoms with E-state index in [-0.39, 0.29) is 16.7 Å². The van der Waals surface area contributed by atoms with E-state index in [0.717, 1.165) is 16.8 Å². The maximum absolute atomic E-state index is 12.4. The van der Waals surface area contributed by atoms with Gasteiger partial charge in [0.15, 0.2) is 5.16 Å². The summed E-state index contributed by atoms with van der Waals surface area (Å²) in [6.45, 7) is 9.54. The lowest BCUT2D eigenvalue weighted by molar-refractivity contribution is -0.115. The third-order valence-corrected chi connectivity index (χ3v) is 4.42. The predicted molar refractivity (Wildman–Crippen MR) is 94.2 cm³/mol. The number of aromatic amines is 1. The van der Waals surface area contributed by atoms with Crippen LogP contribution in [0.25, 0.3) is 0 Å². The van der Waals surface area contributed by atoms with Gasteiger partial charge in [-0.3, -0.25) is 9.59 Å². The molecule has 0 fully saturated rings. The van der Waals surface area contributed by atoms with Crippen LogP contribution >= 0.6 is 11.8 Å². The van der Waals surface area contributed by atoms with Crippen molar-refractivity contribution in [3.05, 3.63) is 50.9 Å². The van der Waals surface area contributed by atoms with Crippen LogP contribution in [-0.2, 0) is 4.79 Å². The second kappa shape index (κ2) is 7.00. The molecule has 23 heavy (non-hydrogen) atoms. The maximum Gasteiger partial charge on any atom is 0.251 e. The summed E-state index contributed by atoms with van der Waals surface area (Å²) in [5, 5.41) is 3.05. The van der Waals surface area contributed by atoms with E-state index in [4.69, 9.17) is 0 Å². The van der Waals surface area contributed by atoms with Gasteiger partial charge >= 0.3 is 0 Å². The number of hydrogen-bond acceptors (Lipinski definition) is 4. The number of carbonyl (C=O) groups excluding carboxylic acids is 1. The van der Waals surface area contributed by atoms with Crippen LogP contribution in [0.3, 0.4) is 0 Å². The number of rotatable bonds is 4. The fraction of sp³-hybridized carbons (Fsp3) is 0.353. The van der Waals surface area contributed by atoms with Gasteiger partial charge in [-0.05, 0) is 45.7 Å². The predicted octanol–water partition coefficient (Wildman–Crippen LogP) is 3.12. The van der Waals surface area contributed by atoms with Crippen molar-refractivity contribution in [1.82, 2.24) is 9.97 Å². The van der Waals surface area contributed by atoms with Crippen LogP contribution in [-0.4, -0.2) is 21.1 Å². The molecular weight excluding hydrogens is 310 g/mol. The Morgan fingerprint density at radius 1 is 1.17 bits per heavy atom. The van der Waals surface area contributed by atoms with Gasteiger partial charge in [-0.25, -0.2) is 4.98 Å². The molecule has 1 amide bonds. The Bertz CT molecular complexity index is 776. The summed E-state index contributed by atoms with van der Waals surface area (Å²) in [4.78, 5) is 30.8. The van der Waals surface area contributed by atoms with E-state index < -0.39 is 0 Å². The van der Waals surface area contributed by atoms with Crippen molar-refractivity contribution < 1.29 is 4.79 Å². The van der Waals surface area contributed by atoms with Gasteiger partial charge in [0.05, 0.1) is 5.25 Å². The van der Waals surface area contributed by atoms with Gasteiger partial charge in [0.25, 0.3) is 5.56 Å². The number of benzene rings is 1. The quantitative estimate of drug-likeness (QED) is 0.667. The average molecular weight is 331 g/mol. The zero-order chi connectivity index (χ0) is 17.1. The lowest BCUT2D eigenvalue weighted by atomic mass is 10.1. The Balaban J connectivity index is 2.13. The number of thioether (sulfide) groups is 1. The van der Waals surface area contributed by atoms with Crippen molar-refractivity contribution in [2.45, 2.75) is 45.0 Å². The molecule has 0 aliphatic carbocycles. The summed E-state index contributed by atoms with van der Waals surface area (Å²) >= 11 is 1.24. The first-order valence-corrected chi connectivity index (χ1v) is 8.27. The van der Waals surface area contributed by atoms with E-state index in [1.54, 1.807) is 13.8 Å². The molecule has 1 heterocycles. The largest absolute Gasteiger partial charge is 0.325 e. The van der Waals surface area contributed by atoms with Crippen LogP contribution in [0.4, 0.5) is 5.69 Å². The van der Waals surface area contributed by atoms with Gasteiger partial charge < -0.3 is 10.3 Å². The summed E-state index contributed by atoms with van der Waals surface area (Å²) < 4.78 is 0. The molecule has 1 aromatic heterocycles. The molecular formula is C17H21N3O2S. The minimum atomic E-state index is -0.375. The van der Waals surface area contributed by atoms with Crippen molar-refractivity contribution in [2.75, 3.05) is 5.32 Å². The van der Waals surface area contributed by atoms with E-state index in [1.807, 2.05) is 32.9 Å². The van der Waals surface area contributed by atoms with Gasteiger partial charge in [0, 0.05) is 17.4 Å². The van der Waals surface area contributed by atoms with Crippen LogP contribution < -0.4 is 10.9 Å². The minimum absolute atomic E-state index is 0.116. The van der Waals surface area contributed by atoms with Crippen molar-refractivity contribution >= 4 is 23.4 Å². The van der Waals surface area contributed by atoms with E-state index in [9.17, 15) is 9.59 Å². The van der Waals surface area contributed by atoms with Crippen molar-refractivity contribution in [3.8, 4) is 0 Å². The number of aryl methyl sites for hydroxylation is 4. The molecule has 0 saturated carbocycles. The van der Waals surface area contributed by atoms with Crippen molar-refractivity contribution in [2.24, 2.45) is 0 Å². The van der Waals surface area contributed by atoms with Gasteiger partial charge in [-0.2, -0.15) is 0 Å². The van der Waals surface area contributed by atoms with Gasteiger partial charge in [-0.1, -0.05) is 29.5 Å². The maximum atomic E-state index is 12.4. The zero-order valence-corrected chi connectivity index (χ0v) is 14.8. The number of anilines is 1. The van der Waals surface area contributed by atoms with Crippen molar-refractivity contribution in [3.63, 3.8) is 0 Å². The highest BCUT2D eigenvalue weighted by Crippen LogP contribution is 2.24. The monoisotopic (exact) mass is 331 g/mol. The van der Waals surface area contributed by atoms with Crippen LogP contribution in [0.1, 0.15) is 29.3 Å². The summed E-state index contributed by atoms with van der Waals surface area (Å²) in [7, 11) is 0. The Labute approximate surface area is 139 Å². The molecule has 0 radical (unpaired) electrons. The lowest BCUT2D eigenvalue weighted by Crippen LogP contribution is -2.24. The third kappa shape index (κ3) is 4.45. The van der Waals surface area contributed by atoms with Crippen LogP contribution in [0.2, 0.25) is 0 Å². The van der Waals surface area contributed by atoms with E-state index in [2.05, 4.69) is 15.3 Å². The fourth-order valence-electron chi connectivity index (χ4n) is 2.43. The Kier molecular flexibility index (Phi) is 5.26.